The maximum Gasteiger partial charge on any atom is 0.305 e. The Balaban J connectivity index is 1.92. The zero-order valence-electron chi connectivity index (χ0n) is 14.9. The lowest BCUT2D eigenvalue weighted by Crippen LogP contribution is -2.29. The molecular formula is C20H20N2O4. The van der Waals surface area contributed by atoms with Crippen molar-refractivity contribution in [1.82, 2.24) is 4.90 Å². The Labute approximate surface area is 152 Å². The van der Waals surface area contributed by atoms with Gasteiger partial charge in [-0.05, 0) is 42.8 Å². The summed E-state index contributed by atoms with van der Waals surface area (Å²) in [5.74, 6) is 1.19. The van der Waals surface area contributed by atoms with Gasteiger partial charge < -0.3 is 14.2 Å². The van der Waals surface area contributed by atoms with Crippen LogP contribution in [0, 0.1) is 0 Å². The SMILES string of the molecule is CCN1C(=O)/C(=C\c2ccc(OC)c(OC)c2)OC1=Nc1ccccc1. The van der Waals surface area contributed by atoms with Gasteiger partial charge in [0.2, 0.25) is 0 Å². The zero-order valence-corrected chi connectivity index (χ0v) is 14.9. The number of benzene rings is 2. The summed E-state index contributed by atoms with van der Waals surface area (Å²) >= 11 is 0. The molecule has 0 unspecified atom stereocenters. The number of carbonyl (C=O) groups excluding carboxylic acids is 1. The highest BCUT2D eigenvalue weighted by Gasteiger charge is 2.33. The van der Waals surface area contributed by atoms with E-state index in [4.69, 9.17) is 14.2 Å². The van der Waals surface area contributed by atoms with Gasteiger partial charge in [0.05, 0.1) is 19.9 Å². The van der Waals surface area contributed by atoms with E-state index < -0.39 is 0 Å². The van der Waals surface area contributed by atoms with E-state index in [-0.39, 0.29) is 17.7 Å². The van der Waals surface area contributed by atoms with Crippen molar-refractivity contribution in [2.75, 3.05) is 20.8 Å². The first kappa shape index (κ1) is 17.5. The van der Waals surface area contributed by atoms with E-state index in [1.807, 2.05) is 43.3 Å². The number of rotatable bonds is 5. The molecule has 26 heavy (non-hydrogen) atoms. The molecule has 0 radical (unpaired) electrons. The van der Waals surface area contributed by atoms with Crippen molar-refractivity contribution in [2.45, 2.75) is 6.92 Å². The normalized spacial score (nSPS) is 16.9. The molecule has 134 valence electrons. The number of hydrogen-bond acceptors (Lipinski definition) is 5. The van der Waals surface area contributed by atoms with Crippen molar-refractivity contribution in [2.24, 2.45) is 4.99 Å². The first-order valence-electron chi connectivity index (χ1n) is 8.23. The molecule has 0 aliphatic carbocycles. The van der Waals surface area contributed by atoms with Crippen LogP contribution in [0.3, 0.4) is 0 Å². The fraction of sp³-hybridized carbons (Fsp3) is 0.200. The van der Waals surface area contributed by atoms with Crippen molar-refractivity contribution in [3.63, 3.8) is 0 Å². The lowest BCUT2D eigenvalue weighted by Gasteiger charge is -2.09. The maximum atomic E-state index is 12.6. The van der Waals surface area contributed by atoms with Crippen molar-refractivity contribution >= 4 is 23.7 Å². The summed E-state index contributed by atoms with van der Waals surface area (Å²) < 4.78 is 16.3. The van der Waals surface area contributed by atoms with Crippen molar-refractivity contribution in [1.29, 1.82) is 0 Å². The third-order valence-electron chi connectivity index (χ3n) is 3.89. The monoisotopic (exact) mass is 352 g/mol. The first-order valence-corrected chi connectivity index (χ1v) is 8.23. The van der Waals surface area contributed by atoms with Crippen LogP contribution in [-0.4, -0.2) is 37.6 Å². The summed E-state index contributed by atoms with van der Waals surface area (Å²) in [6.07, 6.45) is 1.67. The molecule has 1 aliphatic heterocycles. The number of amidine groups is 1. The predicted molar refractivity (Wildman–Crippen MR) is 99.5 cm³/mol. The van der Waals surface area contributed by atoms with Crippen molar-refractivity contribution < 1.29 is 19.0 Å². The number of aliphatic imine (C=N–C) groups is 1. The Morgan fingerprint density at radius 1 is 1.08 bits per heavy atom. The fourth-order valence-electron chi connectivity index (χ4n) is 2.58. The zero-order chi connectivity index (χ0) is 18.5. The number of likely N-dealkylation sites (N-methyl/N-ethyl adjacent to an activating group) is 1. The summed E-state index contributed by atoms with van der Waals surface area (Å²) in [5.41, 5.74) is 1.49. The Morgan fingerprint density at radius 3 is 2.46 bits per heavy atom. The van der Waals surface area contributed by atoms with Crippen LogP contribution >= 0.6 is 0 Å². The number of amides is 1. The minimum absolute atomic E-state index is 0.216. The van der Waals surface area contributed by atoms with Gasteiger partial charge in [-0.3, -0.25) is 9.69 Å². The van der Waals surface area contributed by atoms with Gasteiger partial charge in [0, 0.05) is 6.54 Å². The molecule has 2 aromatic rings. The highest BCUT2D eigenvalue weighted by Crippen LogP contribution is 2.29. The van der Waals surface area contributed by atoms with Crippen LogP contribution in [0.25, 0.3) is 6.08 Å². The van der Waals surface area contributed by atoms with Crippen LogP contribution in [0.15, 0.2) is 59.3 Å². The summed E-state index contributed by atoms with van der Waals surface area (Å²) in [6, 6.07) is 15.0. The van der Waals surface area contributed by atoms with Gasteiger partial charge in [0.25, 0.3) is 5.91 Å². The average Bonchev–Trinajstić information content (AvgIpc) is 2.96. The molecule has 6 heteroatoms. The van der Waals surface area contributed by atoms with Crippen LogP contribution in [0.2, 0.25) is 0 Å². The number of methoxy groups -OCH3 is 2. The predicted octanol–water partition coefficient (Wildman–Crippen LogP) is 3.61. The smallest absolute Gasteiger partial charge is 0.305 e. The van der Waals surface area contributed by atoms with Gasteiger partial charge in [-0.25, -0.2) is 0 Å². The van der Waals surface area contributed by atoms with Crippen molar-refractivity contribution in [3.05, 3.63) is 59.9 Å². The number of nitrogens with zero attached hydrogens (tertiary/aromatic N) is 2. The van der Waals surface area contributed by atoms with E-state index in [0.29, 0.717) is 18.0 Å². The quantitative estimate of drug-likeness (QED) is 0.771. The lowest BCUT2D eigenvalue weighted by atomic mass is 10.1. The molecule has 0 N–H and O–H groups in total. The first-order chi connectivity index (χ1) is 12.7. The second-order valence-corrected chi connectivity index (χ2v) is 5.50. The summed E-state index contributed by atoms with van der Waals surface area (Å²) in [4.78, 5) is 18.5. The van der Waals surface area contributed by atoms with E-state index in [1.165, 1.54) is 4.90 Å². The molecule has 1 fully saturated rings. The van der Waals surface area contributed by atoms with E-state index in [9.17, 15) is 4.79 Å². The Bertz CT molecular complexity index is 859. The number of para-hydroxylation sites is 1. The van der Waals surface area contributed by atoms with Gasteiger partial charge in [0.15, 0.2) is 17.3 Å². The number of ether oxygens (including phenoxy) is 3. The second kappa shape index (κ2) is 7.74. The molecule has 1 saturated heterocycles. The molecule has 0 bridgehead atoms. The molecule has 6 nitrogen and oxygen atoms in total. The Morgan fingerprint density at radius 2 is 1.81 bits per heavy atom. The third kappa shape index (κ3) is 3.54. The highest BCUT2D eigenvalue weighted by molar-refractivity contribution is 6.11. The van der Waals surface area contributed by atoms with Gasteiger partial charge in [0.1, 0.15) is 0 Å². The van der Waals surface area contributed by atoms with Gasteiger partial charge in [-0.1, -0.05) is 24.3 Å². The molecule has 1 aliphatic rings. The molecule has 0 aromatic heterocycles. The standard InChI is InChI=1S/C20H20N2O4/c1-4-22-19(23)18(26-20(22)21-15-8-6-5-7-9-15)13-14-10-11-16(24-2)17(12-14)25-3/h5-13H,4H2,1-3H3/b18-13+,21-20?. The minimum Gasteiger partial charge on any atom is -0.493 e. The van der Waals surface area contributed by atoms with Gasteiger partial charge in [-0.2, -0.15) is 4.99 Å². The molecule has 1 heterocycles. The number of hydrogen-bond donors (Lipinski definition) is 0. The van der Waals surface area contributed by atoms with E-state index in [0.717, 1.165) is 11.3 Å². The van der Waals surface area contributed by atoms with Crippen LogP contribution in [0.1, 0.15) is 12.5 Å². The summed E-state index contributed by atoms with van der Waals surface area (Å²) in [7, 11) is 3.14. The minimum atomic E-state index is -0.225. The number of carbonyl (C=O) groups is 1. The van der Waals surface area contributed by atoms with Crippen molar-refractivity contribution in [3.8, 4) is 11.5 Å². The average molecular weight is 352 g/mol. The van der Waals surface area contributed by atoms with Gasteiger partial charge >= 0.3 is 6.02 Å². The Kier molecular flexibility index (Phi) is 5.22. The summed E-state index contributed by atoms with van der Waals surface area (Å²) in [6.45, 7) is 2.34. The molecule has 2 aromatic carbocycles. The molecular weight excluding hydrogens is 332 g/mol. The maximum absolute atomic E-state index is 12.6. The van der Waals surface area contributed by atoms with E-state index in [1.54, 1.807) is 32.4 Å². The van der Waals surface area contributed by atoms with E-state index >= 15 is 0 Å². The van der Waals surface area contributed by atoms with Crippen LogP contribution in [0.5, 0.6) is 11.5 Å². The molecule has 0 spiro atoms. The molecule has 0 atom stereocenters. The largest absolute Gasteiger partial charge is 0.493 e. The topological polar surface area (TPSA) is 60.4 Å². The highest BCUT2D eigenvalue weighted by atomic mass is 16.5. The summed E-state index contributed by atoms with van der Waals surface area (Å²) in [5, 5.41) is 0. The van der Waals surface area contributed by atoms with Crippen LogP contribution in [-0.2, 0) is 9.53 Å². The van der Waals surface area contributed by atoms with Gasteiger partial charge in [-0.15, -0.1) is 0 Å². The fourth-order valence-corrected chi connectivity index (χ4v) is 2.58. The molecule has 1 amide bonds. The lowest BCUT2D eigenvalue weighted by molar-refractivity contribution is -0.122. The van der Waals surface area contributed by atoms with E-state index in [2.05, 4.69) is 4.99 Å². The Hall–Kier alpha value is -3.28. The molecule has 3 rings (SSSR count). The molecule has 0 saturated carbocycles. The third-order valence-corrected chi connectivity index (χ3v) is 3.89. The van der Waals surface area contributed by atoms with Crippen LogP contribution in [0.4, 0.5) is 5.69 Å². The second-order valence-electron chi connectivity index (χ2n) is 5.50. The van der Waals surface area contributed by atoms with Crippen LogP contribution < -0.4 is 9.47 Å².